The van der Waals surface area contributed by atoms with E-state index in [0.717, 1.165) is 12.0 Å². The number of nitrogens with one attached hydrogen (secondary N) is 2. The quantitative estimate of drug-likeness (QED) is 0.242. The van der Waals surface area contributed by atoms with E-state index in [0.29, 0.717) is 41.2 Å². The maximum Gasteiger partial charge on any atom is 0.269 e. The largest absolute Gasteiger partial charge is 0.493 e. The lowest BCUT2D eigenvalue weighted by Gasteiger charge is -2.12. The molecule has 0 saturated heterocycles. The first-order valence-corrected chi connectivity index (χ1v) is 11.5. The monoisotopic (exact) mass is 485 g/mol. The highest BCUT2D eigenvalue weighted by atomic mass is 32.2. The molecule has 11 heteroatoms. The minimum Gasteiger partial charge on any atom is -0.493 e. The van der Waals surface area contributed by atoms with Gasteiger partial charge in [-0.05, 0) is 36.8 Å². The summed E-state index contributed by atoms with van der Waals surface area (Å²) in [6.45, 7) is 1.17. The Morgan fingerprint density at radius 3 is 2.44 bits per heavy atom. The third-order valence-electron chi connectivity index (χ3n) is 4.77. The van der Waals surface area contributed by atoms with Crippen LogP contribution in [0.4, 0.5) is 0 Å². The van der Waals surface area contributed by atoms with Crippen molar-refractivity contribution in [2.24, 2.45) is 0 Å². The normalized spacial score (nSPS) is 10.6. The van der Waals surface area contributed by atoms with E-state index in [2.05, 4.69) is 21.0 Å². The Labute approximate surface area is 202 Å². The van der Waals surface area contributed by atoms with Gasteiger partial charge in [0.05, 0.1) is 20.0 Å². The minimum atomic E-state index is -0.391. The number of aromatic nitrogens is 3. The molecule has 0 saturated carbocycles. The molecule has 10 nitrogen and oxygen atoms in total. The van der Waals surface area contributed by atoms with Crippen molar-refractivity contribution in [1.82, 2.24) is 25.6 Å². The number of thioether (sulfide) groups is 1. The molecule has 0 aliphatic carbocycles. The number of hydrogen-bond donors (Lipinski definition) is 2. The molecular weight excluding hydrogens is 458 g/mol. The zero-order chi connectivity index (χ0) is 24.3. The van der Waals surface area contributed by atoms with Crippen LogP contribution in [0.3, 0.4) is 0 Å². The number of nitrogens with zero attached hydrogens (tertiary/aromatic N) is 3. The molecule has 3 aromatic rings. The topological polar surface area (TPSA) is 117 Å². The molecular formula is C23H27N5O5S. The number of benzene rings is 2. The highest BCUT2D eigenvalue weighted by Gasteiger charge is 2.17. The van der Waals surface area contributed by atoms with Crippen molar-refractivity contribution >= 4 is 23.6 Å². The SMILES string of the molecule is COCCCn1c(SCC(=O)NNC(=O)c2ccccc2)nnc1-c1ccc(OC)c(OC)c1. The van der Waals surface area contributed by atoms with Crippen LogP contribution < -0.4 is 20.3 Å². The summed E-state index contributed by atoms with van der Waals surface area (Å²) in [6.07, 6.45) is 0.738. The van der Waals surface area contributed by atoms with E-state index >= 15 is 0 Å². The Bertz CT molecular complexity index is 1110. The Morgan fingerprint density at radius 1 is 0.971 bits per heavy atom. The van der Waals surface area contributed by atoms with Gasteiger partial charge in [-0.2, -0.15) is 0 Å². The molecule has 2 N–H and O–H groups in total. The van der Waals surface area contributed by atoms with Crippen LogP contribution in [0, 0.1) is 0 Å². The third kappa shape index (κ3) is 6.49. The number of carbonyl (C=O) groups excluding carboxylic acids is 2. The van der Waals surface area contributed by atoms with Gasteiger partial charge in [0.15, 0.2) is 22.5 Å². The van der Waals surface area contributed by atoms with Gasteiger partial charge in [-0.3, -0.25) is 20.4 Å². The van der Waals surface area contributed by atoms with Gasteiger partial charge in [0, 0.05) is 31.4 Å². The minimum absolute atomic E-state index is 0.0451. The second-order valence-electron chi connectivity index (χ2n) is 7.03. The van der Waals surface area contributed by atoms with Crippen LogP contribution in [-0.4, -0.2) is 60.3 Å². The Kier molecular flexibility index (Phi) is 9.30. The number of rotatable bonds is 11. The summed E-state index contributed by atoms with van der Waals surface area (Å²) in [5, 5.41) is 9.20. The van der Waals surface area contributed by atoms with E-state index in [4.69, 9.17) is 14.2 Å². The van der Waals surface area contributed by atoms with Crippen molar-refractivity contribution in [3.63, 3.8) is 0 Å². The molecule has 2 aromatic carbocycles. The third-order valence-corrected chi connectivity index (χ3v) is 5.74. The van der Waals surface area contributed by atoms with E-state index in [1.54, 1.807) is 51.7 Å². The predicted octanol–water partition coefficient (Wildman–Crippen LogP) is 2.55. The van der Waals surface area contributed by atoms with Gasteiger partial charge >= 0.3 is 0 Å². The van der Waals surface area contributed by atoms with Crippen molar-refractivity contribution < 1.29 is 23.8 Å². The number of ether oxygens (including phenoxy) is 3. The average Bonchev–Trinajstić information content (AvgIpc) is 3.28. The molecule has 180 valence electrons. The second kappa shape index (κ2) is 12.6. The lowest BCUT2D eigenvalue weighted by Crippen LogP contribution is -2.42. The van der Waals surface area contributed by atoms with Crippen LogP contribution >= 0.6 is 11.8 Å². The number of hydrogen-bond acceptors (Lipinski definition) is 8. The molecule has 1 aromatic heterocycles. The lowest BCUT2D eigenvalue weighted by atomic mass is 10.2. The highest BCUT2D eigenvalue weighted by Crippen LogP contribution is 2.33. The fourth-order valence-corrected chi connectivity index (χ4v) is 3.87. The molecule has 0 aliphatic heterocycles. The van der Waals surface area contributed by atoms with Gasteiger partial charge < -0.3 is 18.8 Å². The van der Waals surface area contributed by atoms with Crippen molar-refractivity contribution in [1.29, 1.82) is 0 Å². The average molecular weight is 486 g/mol. The molecule has 0 aliphatic rings. The number of methoxy groups -OCH3 is 3. The summed E-state index contributed by atoms with van der Waals surface area (Å²) >= 11 is 1.22. The van der Waals surface area contributed by atoms with Gasteiger partial charge in [-0.1, -0.05) is 30.0 Å². The number of amides is 2. The van der Waals surface area contributed by atoms with E-state index in [-0.39, 0.29) is 11.7 Å². The summed E-state index contributed by atoms with van der Waals surface area (Å²) in [6, 6.07) is 14.1. The lowest BCUT2D eigenvalue weighted by molar-refractivity contribution is -0.119. The molecule has 0 fully saturated rings. The molecule has 3 rings (SSSR count). The molecule has 2 amide bonds. The first-order valence-electron chi connectivity index (χ1n) is 10.5. The predicted molar refractivity (Wildman–Crippen MR) is 128 cm³/mol. The van der Waals surface area contributed by atoms with Crippen LogP contribution in [0.1, 0.15) is 16.8 Å². The van der Waals surface area contributed by atoms with Gasteiger partial charge in [0.25, 0.3) is 5.91 Å². The highest BCUT2D eigenvalue weighted by molar-refractivity contribution is 7.99. The van der Waals surface area contributed by atoms with Crippen molar-refractivity contribution in [2.45, 2.75) is 18.1 Å². The van der Waals surface area contributed by atoms with Gasteiger partial charge in [-0.25, -0.2) is 0 Å². The molecule has 34 heavy (non-hydrogen) atoms. The van der Waals surface area contributed by atoms with Crippen LogP contribution in [0.15, 0.2) is 53.7 Å². The van der Waals surface area contributed by atoms with E-state index in [9.17, 15) is 9.59 Å². The van der Waals surface area contributed by atoms with Gasteiger partial charge in [0.2, 0.25) is 5.91 Å². The Morgan fingerprint density at radius 2 is 1.74 bits per heavy atom. The van der Waals surface area contributed by atoms with Gasteiger partial charge in [0.1, 0.15) is 0 Å². The fourth-order valence-electron chi connectivity index (χ4n) is 3.11. The number of carbonyl (C=O) groups is 2. The summed E-state index contributed by atoms with van der Waals surface area (Å²) in [7, 11) is 4.79. The molecule has 0 bridgehead atoms. The number of hydrazine groups is 1. The summed E-state index contributed by atoms with van der Waals surface area (Å²) in [4.78, 5) is 24.4. The van der Waals surface area contributed by atoms with Gasteiger partial charge in [-0.15, -0.1) is 10.2 Å². The Balaban J connectivity index is 1.69. The molecule has 0 radical (unpaired) electrons. The van der Waals surface area contributed by atoms with Crippen LogP contribution in [-0.2, 0) is 16.1 Å². The molecule has 0 spiro atoms. The standard InChI is InChI=1S/C23H27N5O5S/c1-31-13-7-12-28-21(17-10-11-18(32-2)19(14-17)33-3)25-27-23(28)34-15-20(29)24-26-22(30)16-8-5-4-6-9-16/h4-6,8-11,14H,7,12-13,15H2,1-3H3,(H,24,29)(H,26,30). The Hall–Kier alpha value is -3.57. The van der Waals surface area contributed by atoms with Crippen LogP contribution in [0.5, 0.6) is 11.5 Å². The van der Waals surface area contributed by atoms with Crippen molar-refractivity contribution in [3.05, 3.63) is 54.1 Å². The zero-order valence-corrected chi connectivity index (χ0v) is 20.1. The summed E-state index contributed by atoms with van der Waals surface area (Å²) in [5.41, 5.74) is 6.08. The van der Waals surface area contributed by atoms with Crippen LogP contribution in [0.25, 0.3) is 11.4 Å². The van der Waals surface area contributed by atoms with Crippen molar-refractivity contribution in [3.8, 4) is 22.9 Å². The molecule has 0 unspecified atom stereocenters. The fraction of sp³-hybridized carbons (Fsp3) is 0.304. The second-order valence-corrected chi connectivity index (χ2v) is 7.97. The maximum absolute atomic E-state index is 12.3. The zero-order valence-electron chi connectivity index (χ0n) is 19.2. The van der Waals surface area contributed by atoms with Crippen molar-refractivity contribution in [2.75, 3.05) is 33.7 Å². The summed E-state index contributed by atoms with van der Waals surface area (Å²) < 4.78 is 17.8. The smallest absolute Gasteiger partial charge is 0.269 e. The maximum atomic E-state index is 12.3. The van der Waals surface area contributed by atoms with E-state index < -0.39 is 5.91 Å². The summed E-state index contributed by atoms with van der Waals surface area (Å²) in [5.74, 6) is 1.11. The van der Waals surface area contributed by atoms with E-state index in [1.807, 2.05) is 22.8 Å². The van der Waals surface area contributed by atoms with Crippen LogP contribution in [0.2, 0.25) is 0 Å². The molecule has 0 atom stereocenters. The molecule has 1 heterocycles. The first-order chi connectivity index (χ1) is 16.6. The van der Waals surface area contributed by atoms with E-state index in [1.165, 1.54) is 11.8 Å². The first kappa shape index (κ1) is 25.1.